The standard InChI is InChI=1S/C31H33F3O/c1-3-4-19-35-29-18-11-23(20-28(29)32)8-7-22-9-14-25(15-10-22)27-17-16-26(30(33)31(27)34)24-12-5-21(2)6-13-24/h7-11,14-18,20-21,24H,3-6,12-13,19H2,1-2H3/b8-7+. The average Bonchev–Trinajstić information content (AvgIpc) is 2.87. The highest BCUT2D eigenvalue weighted by molar-refractivity contribution is 5.72. The lowest BCUT2D eigenvalue weighted by Gasteiger charge is -2.27. The molecule has 3 aromatic rings. The second kappa shape index (κ2) is 11.6. The normalized spacial score (nSPS) is 18.2. The SMILES string of the molecule is CCCCOc1ccc(/C=C/c2ccc(-c3ccc(C4CCC(C)CC4)c(F)c3F)cc2)cc1F. The molecule has 0 unspecified atom stereocenters. The molecule has 0 heterocycles. The molecule has 0 saturated heterocycles. The van der Waals surface area contributed by atoms with Gasteiger partial charge in [-0.05, 0) is 65.5 Å². The Bertz CT molecular complexity index is 1160. The Morgan fingerprint density at radius 3 is 2.20 bits per heavy atom. The lowest BCUT2D eigenvalue weighted by atomic mass is 9.79. The zero-order chi connectivity index (χ0) is 24.8. The summed E-state index contributed by atoms with van der Waals surface area (Å²) in [5, 5.41) is 0. The minimum atomic E-state index is -0.777. The number of unbranched alkanes of at least 4 members (excludes halogenated alkanes) is 1. The summed E-state index contributed by atoms with van der Waals surface area (Å²) >= 11 is 0. The Hall–Kier alpha value is -3.01. The number of hydrogen-bond acceptors (Lipinski definition) is 1. The fraction of sp³-hybridized carbons (Fsp3) is 0.355. The van der Waals surface area contributed by atoms with E-state index in [2.05, 4.69) is 13.8 Å². The van der Waals surface area contributed by atoms with E-state index in [0.29, 0.717) is 23.7 Å². The van der Waals surface area contributed by atoms with E-state index in [-0.39, 0.29) is 23.0 Å². The third kappa shape index (κ3) is 6.17. The Labute approximate surface area is 206 Å². The van der Waals surface area contributed by atoms with Gasteiger partial charge in [-0.3, -0.25) is 0 Å². The Kier molecular flexibility index (Phi) is 8.33. The van der Waals surface area contributed by atoms with Gasteiger partial charge >= 0.3 is 0 Å². The highest BCUT2D eigenvalue weighted by Crippen LogP contribution is 2.38. The molecule has 1 aliphatic carbocycles. The summed E-state index contributed by atoms with van der Waals surface area (Å²) in [6.45, 7) is 4.78. The molecule has 0 atom stereocenters. The second-order valence-electron chi connectivity index (χ2n) is 9.63. The van der Waals surface area contributed by atoms with Crippen LogP contribution < -0.4 is 4.74 Å². The quantitative estimate of drug-likeness (QED) is 0.231. The molecule has 3 aromatic carbocycles. The number of halogens is 3. The fourth-order valence-electron chi connectivity index (χ4n) is 4.70. The summed E-state index contributed by atoms with van der Waals surface area (Å²) in [5.74, 6) is -0.852. The molecule has 0 amide bonds. The molecular formula is C31H33F3O. The van der Waals surface area contributed by atoms with Crippen LogP contribution in [0.2, 0.25) is 0 Å². The van der Waals surface area contributed by atoms with Crippen molar-refractivity contribution < 1.29 is 17.9 Å². The van der Waals surface area contributed by atoms with Crippen molar-refractivity contribution in [1.29, 1.82) is 0 Å². The van der Waals surface area contributed by atoms with Gasteiger partial charge in [-0.25, -0.2) is 13.2 Å². The summed E-state index contributed by atoms with van der Waals surface area (Å²) < 4.78 is 49.6. The zero-order valence-electron chi connectivity index (χ0n) is 20.5. The molecule has 0 aromatic heterocycles. The number of ether oxygens (including phenoxy) is 1. The van der Waals surface area contributed by atoms with Gasteiger partial charge in [-0.15, -0.1) is 0 Å². The van der Waals surface area contributed by atoms with Crippen LogP contribution in [0.5, 0.6) is 5.75 Å². The Balaban J connectivity index is 1.45. The van der Waals surface area contributed by atoms with Crippen LogP contribution in [0.15, 0.2) is 54.6 Å². The molecule has 4 rings (SSSR count). The predicted molar refractivity (Wildman–Crippen MR) is 138 cm³/mol. The number of hydrogen-bond donors (Lipinski definition) is 0. The third-order valence-corrected chi connectivity index (χ3v) is 6.97. The monoisotopic (exact) mass is 478 g/mol. The van der Waals surface area contributed by atoms with Crippen molar-refractivity contribution in [2.24, 2.45) is 5.92 Å². The Morgan fingerprint density at radius 2 is 1.51 bits per heavy atom. The summed E-state index contributed by atoms with van der Waals surface area (Å²) in [7, 11) is 0. The zero-order valence-corrected chi connectivity index (χ0v) is 20.5. The first kappa shape index (κ1) is 25.1. The topological polar surface area (TPSA) is 9.23 Å². The van der Waals surface area contributed by atoms with Crippen molar-refractivity contribution in [3.05, 3.63) is 88.7 Å². The molecule has 0 N–H and O–H groups in total. The minimum Gasteiger partial charge on any atom is -0.491 e. The molecule has 4 heteroatoms. The molecular weight excluding hydrogens is 445 g/mol. The van der Waals surface area contributed by atoms with Crippen LogP contribution in [0.1, 0.15) is 75.0 Å². The van der Waals surface area contributed by atoms with Crippen LogP contribution in [0, 0.1) is 23.4 Å². The molecule has 0 aliphatic heterocycles. The van der Waals surface area contributed by atoms with Crippen LogP contribution in [0.3, 0.4) is 0 Å². The van der Waals surface area contributed by atoms with Crippen molar-refractivity contribution in [3.63, 3.8) is 0 Å². The van der Waals surface area contributed by atoms with Gasteiger partial charge < -0.3 is 4.74 Å². The van der Waals surface area contributed by atoms with Gasteiger partial charge in [0.25, 0.3) is 0 Å². The summed E-state index contributed by atoms with van der Waals surface area (Å²) in [4.78, 5) is 0. The van der Waals surface area contributed by atoms with Crippen LogP contribution in [0.4, 0.5) is 13.2 Å². The van der Waals surface area contributed by atoms with E-state index in [0.717, 1.165) is 49.7 Å². The maximum absolute atomic E-state index is 15.0. The molecule has 184 valence electrons. The van der Waals surface area contributed by atoms with Gasteiger partial charge in [-0.1, -0.05) is 87.7 Å². The average molecular weight is 479 g/mol. The van der Waals surface area contributed by atoms with Gasteiger partial charge in [0.05, 0.1) is 6.61 Å². The van der Waals surface area contributed by atoms with Crippen LogP contribution >= 0.6 is 0 Å². The molecule has 1 fully saturated rings. The van der Waals surface area contributed by atoms with Gasteiger partial charge in [0.1, 0.15) is 0 Å². The van der Waals surface area contributed by atoms with E-state index in [1.54, 1.807) is 30.3 Å². The second-order valence-corrected chi connectivity index (χ2v) is 9.63. The number of rotatable bonds is 8. The van der Waals surface area contributed by atoms with E-state index in [1.807, 2.05) is 30.4 Å². The molecule has 1 aliphatic rings. The molecule has 35 heavy (non-hydrogen) atoms. The first-order valence-corrected chi connectivity index (χ1v) is 12.6. The summed E-state index contributed by atoms with van der Waals surface area (Å²) in [6.07, 6.45) is 9.50. The van der Waals surface area contributed by atoms with E-state index in [9.17, 15) is 13.2 Å². The van der Waals surface area contributed by atoms with Gasteiger partial charge in [0.2, 0.25) is 0 Å². The molecule has 0 radical (unpaired) electrons. The van der Waals surface area contributed by atoms with Crippen LogP contribution in [-0.2, 0) is 0 Å². The smallest absolute Gasteiger partial charge is 0.166 e. The first-order chi connectivity index (χ1) is 17.0. The predicted octanol–water partition coefficient (Wildman–Crippen LogP) is 9.41. The maximum atomic E-state index is 15.0. The van der Waals surface area contributed by atoms with Crippen molar-refractivity contribution in [2.45, 2.75) is 58.3 Å². The highest BCUT2D eigenvalue weighted by atomic mass is 19.2. The molecule has 1 saturated carbocycles. The fourth-order valence-corrected chi connectivity index (χ4v) is 4.70. The molecule has 1 nitrogen and oxygen atoms in total. The summed E-state index contributed by atoms with van der Waals surface area (Å²) in [5.41, 5.74) is 3.00. The maximum Gasteiger partial charge on any atom is 0.166 e. The Morgan fingerprint density at radius 1 is 0.829 bits per heavy atom. The number of benzene rings is 3. The van der Waals surface area contributed by atoms with E-state index < -0.39 is 11.6 Å². The first-order valence-electron chi connectivity index (χ1n) is 12.6. The minimum absolute atomic E-state index is 0.101. The lowest BCUT2D eigenvalue weighted by molar-refractivity contribution is 0.294. The van der Waals surface area contributed by atoms with Crippen LogP contribution in [-0.4, -0.2) is 6.61 Å². The highest BCUT2D eigenvalue weighted by Gasteiger charge is 2.25. The van der Waals surface area contributed by atoms with Gasteiger partial charge in [-0.2, -0.15) is 0 Å². The third-order valence-electron chi connectivity index (χ3n) is 6.97. The van der Waals surface area contributed by atoms with Crippen molar-refractivity contribution in [3.8, 4) is 16.9 Å². The van der Waals surface area contributed by atoms with Gasteiger partial charge in [0, 0.05) is 5.56 Å². The van der Waals surface area contributed by atoms with E-state index >= 15 is 0 Å². The largest absolute Gasteiger partial charge is 0.491 e. The van der Waals surface area contributed by atoms with Crippen molar-refractivity contribution >= 4 is 12.2 Å². The van der Waals surface area contributed by atoms with E-state index in [1.165, 1.54) is 6.07 Å². The van der Waals surface area contributed by atoms with Crippen molar-refractivity contribution in [1.82, 2.24) is 0 Å². The lowest BCUT2D eigenvalue weighted by Crippen LogP contribution is -2.13. The van der Waals surface area contributed by atoms with Crippen LogP contribution in [0.25, 0.3) is 23.3 Å². The molecule has 0 spiro atoms. The molecule has 0 bridgehead atoms. The van der Waals surface area contributed by atoms with Crippen molar-refractivity contribution in [2.75, 3.05) is 6.61 Å². The van der Waals surface area contributed by atoms with Gasteiger partial charge in [0.15, 0.2) is 23.2 Å². The summed E-state index contributed by atoms with van der Waals surface area (Å²) in [6, 6.07) is 15.6. The van der Waals surface area contributed by atoms with E-state index in [4.69, 9.17) is 4.74 Å².